The number of hydrogen-bond donors (Lipinski definition) is 0. The van der Waals surface area contributed by atoms with E-state index in [2.05, 4.69) is 89.4 Å². The van der Waals surface area contributed by atoms with Gasteiger partial charge in [-0.1, -0.05) is 73.9 Å². The highest BCUT2D eigenvalue weighted by molar-refractivity contribution is 5.90. The standard InChI is InChI=1S/C24H26/c1-7-11-21-19(9-3)15-13-17(5)23(21)24-18(6)14-16-20(10-4)22(24)12-8-2/h7-16H,3-4H2,1-2,5-6H3/b11-7-,12-8-. The first kappa shape index (κ1) is 17.7. The molecular formula is C24H26. The van der Waals surface area contributed by atoms with Gasteiger partial charge >= 0.3 is 0 Å². The summed E-state index contributed by atoms with van der Waals surface area (Å²) in [5, 5.41) is 0. The third-order valence-electron chi connectivity index (χ3n) is 4.33. The summed E-state index contributed by atoms with van der Waals surface area (Å²) in [6, 6.07) is 8.64. The average Bonchev–Trinajstić information content (AvgIpc) is 2.57. The molecule has 2 rings (SSSR count). The molecule has 24 heavy (non-hydrogen) atoms. The van der Waals surface area contributed by atoms with Gasteiger partial charge in [-0.15, -0.1) is 0 Å². The zero-order valence-electron chi connectivity index (χ0n) is 15.2. The summed E-state index contributed by atoms with van der Waals surface area (Å²) in [6.45, 7) is 16.4. The summed E-state index contributed by atoms with van der Waals surface area (Å²) < 4.78 is 0. The van der Waals surface area contributed by atoms with E-state index < -0.39 is 0 Å². The lowest BCUT2D eigenvalue weighted by Gasteiger charge is -2.19. The quantitative estimate of drug-likeness (QED) is 0.542. The molecule has 0 bridgehead atoms. The Morgan fingerprint density at radius 3 is 1.33 bits per heavy atom. The van der Waals surface area contributed by atoms with Crippen LogP contribution in [0.2, 0.25) is 0 Å². The van der Waals surface area contributed by atoms with Gasteiger partial charge in [-0.25, -0.2) is 0 Å². The first-order chi connectivity index (χ1) is 11.6. The fourth-order valence-electron chi connectivity index (χ4n) is 3.20. The minimum atomic E-state index is 1.16. The highest BCUT2D eigenvalue weighted by Gasteiger charge is 2.16. The van der Waals surface area contributed by atoms with Gasteiger partial charge in [0, 0.05) is 0 Å². The molecule has 0 aromatic heterocycles. The van der Waals surface area contributed by atoms with Gasteiger partial charge in [0.15, 0.2) is 0 Å². The van der Waals surface area contributed by atoms with Crippen LogP contribution in [0.25, 0.3) is 35.4 Å². The Kier molecular flexibility index (Phi) is 5.76. The molecule has 0 aliphatic carbocycles. The second kappa shape index (κ2) is 7.79. The molecule has 0 aliphatic heterocycles. The molecule has 0 nitrogen and oxygen atoms in total. The molecule has 0 radical (unpaired) electrons. The van der Waals surface area contributed by atoms with Crippen molar-refractivity contribution in [2.24, 2.45) is 0 Å². The van der Waals surface area contributed by atoms with Crippen LogP contribution >= 0.6 is 0 Å². The third kappa shape index (κ3) is 3.19. The van der Waals surface area contributed by atoms with E-state index in [0.29, 0.717) is 0 Å². The van der Waals surface area contributed by atoms with Crippen LogP contribution in [-0.2, 0) is 0 Å². The molecule has 0 N–H and O–H groups in total. The maximum Gasteiger partial charge on any atom is -0.00673 e. The van der Waals surface area contributed by atoms with Crippen LogP contribution < -0.4 is 0 Å². The summed E-state index contributed by atoms with van der Waals surface area (Å²) in [5.41, 5.74) is 9.85. The summed E-state index contributed by atoms with van der Waals surface area (Å²) in [5.74, 6) is 0. The van der Waals surface area contributed by atoms with E-state index >= 15 is 0 Å². The van der Waals surface area contributed by atoms with Crippen LogP contribution in [0.15, 0.2) is 49.6 Å². The molecule has 0 unspecified atom stereocenters. The Labute approximate surface area is 146 Å². The van der Waals surface area contributed by atoms with Crippen molar-refractivity contribution in [1.29, 1.82) is 0 Å². The van der Waals surface area contributed by atoms with Crippen molar-refractivity contribution in [2.75, 3.05) is 0 Å². The van der Waals surface area contributed by atoms with Crippen molar-refractivity contribution >= 4 is 24.3 Å². The fraction of sp³-hybridized carbons (Fsp3) is 0.167. The largest absolute Gasteiger partial charge is 0.0984 e. The van der Waals surface area contributed by atoms with Crippen LogP contribution in [0.5, 0.6) is 0 Å². The smallest absolute Gasteiger partial charge is 0.00673 e. The van der Waals surface area contributed by atoms with Gasteiger partial charge in [0.05, 0.1) is 0 Å². The number of rotatable bonds is 5. The lowest BCUT2D eigenvalue weighted by atomic mass is 9.84. The molecule has 2 aromatic rings. The molecule has 0 atom stereocenters. The van der Waals surface area contributed by atoms with Crippen molar-refractivity contribution in [1.82, 2.24) is 0 Å². The second-order valence-electron chi connectivity index (χ2n) is 5.93. The van der Waals surface area contributed by atoms with Gasteiger partial charge in [0.25, 0.3) is 0 Å². The predicted octanol–water partition coefficient (Wildman–Crippen LogP) is 7.32. The van der Waals surface area contributed by atoms with E-state index in [9.17, 15) is 0 Å². The van der Waals surface area contributed by atoms with E-state index in [1.54, 1.807) is 0 Å². The molecule has 0 amide bonds. The Morgan fingerprint density at radius 1 is 0.667 bits per heavy atom. The lowest BCUT2D eigenvalue weighted by molar-refractivity contribution is 1.38. The first-order valence-electron chi connectivity index (χ1n) is 8.36. The average molecular weight is 314 g/mol. The van der Waals surface area contributed by atoms with Gasteiger partial charge in [-0.2, -0.15) is 0 Å². The second-order valence-corrected chi connectivity index (χ2v) is 5.93. The van der Waals surface area contributed by atoms with Crippen LogP contribution in [0, 0.1) is 13.8 Å². The fourth-order valence-corrected chi connectivity index (χ4v) is 3.20. The van der Waals surface area contributed by atoms with Crippen LogP contribution in [0.4, 0.5) is 0 Å². The molecule has 0 aliphatic rings. The van der Waals surface area contributed by atoms with E-state index in [0.717, 1.165) is 11.1 Å². The number of aryl methyl sites for hydroxylation is 2. The molecule has 0 heterocycles. The van der Waals surface area contributed by atoms with Gasteiger partial charge in [0.2, 0.25) is 0 Å². The Hall–Kier alpha value is -2.60. The third-order valence-corrected chi connectivity index (χ3v) is 4.33. The van der Waals surface area contributed by atoms with Crippen molar-refractivity contribution in [3.63, 3.8) is 0 Å². The zero-order valence-corrected chi connectivity index (χ0v) is 15.2. The van der Waals surface area contributed by atoms with E-state index in [4.69, 9.17) is 0 Å². The maximum absolute atomic E-state index is 3.99. The minimum absolute atomic E-state index is 1.16. The lowest BCUT2D eigenvalue weighted by Crippen LogP contribution is -1.98. The molecule has 122 valence electrons. The molecular weight excluding hydrogens is 288 g/mol. The highest BCUT2D eigenvalue weighted by Crippen LogP contribution is 2.38. The van der Waals surface area contributed by atoms with Gasteiger partial charge in [0.1, 0.15) is 0 Å². The zero-order chi connectivity index (χ0) is 17.7. The van der Waals surface area contributed by atoms with Crippen molar-refractivity contribution in [2.45, 2.75) is 27.7 Å². The van der Waals surface area contributed by atoms with Gasteiger partial charge in [-0.3, -0.25) is 0 Å². The SMILES string of the molecule is C=Cc1ccc(C)c(-c2c(C)ccc(C=C)c2/C=C\C)c1/C=C\C. The Bertz CT molecular complexity index is 758. The van der Waals surface area contributed by atoms with Crippen LogP contribution in [0.3, 0.4) is 0 Å². The maximum atomic E-state index is 3.99. The van der Waals surface area contributed by atoms with E-state index in [-0.39, 0.29) is 0 Å². The molecule has 0 heteroatoms. The van der Waals surface area contributed by atoms with Gasteiger partial charge in [-0.05, 0) is 72.2 Å². The summed E-state index contributed by atoms with van der Waals surface area (Å²) >= 11 is 0. The normalized spacial score (nSPS) is 11.3. The summed E-state index contributed by atoms with van der Waals surface area (Å²) in [6.07, 6.45) is 12.4. The molecule has 0 spiro atoms. The summed E-state index contributed by atoms with van der Waals surface area (Å²) in [7, 11) is 0. The van der Waals surface area contributed by atoms with Gasteiger partial charge < -0.3 is 0 Å². The first-order valence-corrected chi connectivity index (χ1v) is 8.36. The van der Waals surface area contributed by atoms with Crippen molar-refractivity contribution < 1.29 is 0 Å². The topological polar surface area (TPSA) is 0 Å². The molecule has 2 aromatic carbocycles. The predicted molar refractivity (Wildman–Crippen MR) is 111 cm³/mol. The molecule has 0 saturated heterocycles. The number of hydrogen-bond acceptors (Lipinski definition) is 0. The molecule has 0 fully saturated rings. The Balaban J connectivity index is 3.01. The van der Waals surface area contributed by atoms with E-state index in [1.807, 2.05) is 12.2 Å². The van der Waals surface area contributed by atoms with Crippen LogP contribution in [0.1, 0.15) is 47.2 Å². The number of allylic oxidation sites excluding steroid dienone is 2. The van der Waals surface area contributed by atoms with Crippen molar-refractivity contribution in [3.8, 4) is 11.1 Å². The summed E-state index contributed by atoms with van der Waals surface area (Å²) in [4.78, 5) is 0. The van der Waals surface area contributed by atoms with E-state index in [1.165, 1.54) is 33.4 Å². The Morgan fingerprint density at radius 2 is 1.04 bits per heavy atom. The molecule has 0 saturated carbocycles. The van der Waals surface area contributed by atoms with Crippen molar-refractivity contribution in [3.05, 3.63) is 83.0 Å². The minimum Gasteiger partial charge on any atom is -0.0984 e. The highest BCUT2D eigenvalue weighted by atomic mass is 14.2. The van der Waals surface area contributed by atoms with Crippen LogP contribution in [-0.4, -0.2) is 0 Å². The number of benzene rings is 2. The monoisotopic (exact) mass is 314 g/mol.